The molecular weight excluding hydrogens is 308 g/mol. The fourth-order valence-electron chi connectivity index (χ4n) is 2.17. The van der Waals surface area contributed by atoms with Crippen LogP contribution in [0.25, 0.3) is 0 Å². The van der Waals surface area contributed by atoms with Crippen molar-refractivity contribution in [3.63, 3.8) is 0 Å². The summed E-state index contributed by atoms with van der Waals surface area (Å²) in [5, 5.41) is 7.64. The fraction of sp³-hybridized carbons (Fsp3) is 0.235. The van der Waals surface area contributed by atoms with E-state index in [2.05, 4.69) is 4.98 Å². The second-order valence-corrected chi connectivity index (χ2v) is 5.08. The van der Waals surface area contributed by atoms with E-state index in [9.17, 15) is 4.79 Å². The van der Waals surface area contributed by atoms with Crippen molar-refractivity contribution in [2.45, 2.75) is 20.8 Å². The van der Waals surface area contributed by atoms with Crippen LogP contribution in [0.1, 0.15) is 19.4 Å². The van der Waals surface area contributed by atoms with Gasteiger partial charge < -0.3 is 15.2 Å². The molecule has 0 spiro atoms. The van der Waals surface area contributed by atoms with Crippen LogP contribution in [-0.4, -0.2) is 23.5 Å². The third-order valence-corrected chi connectivity index (χ3v) is 3.16. The molecule has 7 nitrogen and oxygen atoms in total. The predicted molar refractivity (Wildman–Crippen MR) is 92.1 cm³/mol. The van der Waals surface area contributed by atoms with Crippen molar-refractivity contribution in [1.82, 2.24) is 4.98 Å². The number of rotatable bonds is 5. The van der Waals surface area contributed by atoms with Gasteiger partial charge in [-0.2, -0.15) is 0 Å². The van der Waals surface area contributed by atoms with Crippen LogP contribution in [-0.2, 0) is 0 Å². The third-order valence-electron chi connectivity index (χ3n) is 3.16. The Morgan fingerprint density at radius 2 is 2.04 bits per heavy atom. The van der Waals surface area contributed by atoms with Crippen LogP contribution >= 0.6 is 0 Å². The lowest BCUT2D eigenvalue weighted by Gasteiger charge is -2.19. The van der Waals surface area contributed by atoms with E-state index in [0.29, 0.717) is 35.2 Å². The number of pyridine rings is 1. The molecule has 126 valence electrons. The fourth-order valence-corrected chi connectivity index (χ4v) is 2.17. The third kappa shape index (κ3) is 4.01. The molecule has 0 saturated carbocycles. The number of aromatic nitrogens is 1. The lowest BCUT2D eigenvalue weighted by molar-refractivity contribution is 0.256. The molecule has 1 aromatic heterocycles. The quantitative estimate of drug-likeness (QED) is 0.648. The van der Waals surface area contributed by atoms with Crippen LogP contribution in [0.15, 0.2) is 36.5 Å². The van der Waals surface area contributed by atoms with Crippen LogP contribution in [0.2, 0.25) is 0 Å². The second-order valence-electron chi connectivity index (χ2n) is 5.08. The first kappa shape index (κ1) is 17.3. The number of carbonyl (C=O) groups is 1. The molecule has 0 bridgehead atoms. The smallest absolute Gasteiger partial charge is 0.324 e. The molecule has 7 heteroatoms. The summed E-state index contributed by atoms with van der Waals surface area (Å²) in [6.07, 6.45) is 1.44. The van der Waals surface area contributed by atoms with E-state index >= 15 is 0 Å². The van der Waals surface area contributed by atoms with Gasteiger partial charge >= 0.3 is 6.03 Å². The summed E-state index contributed by atoms with van der Waals surface area (Å²) in [5.74, 6) is 1.73. The second kappa shape index (κ2) is 7.45. The van der Waals surface area contributed by atoms with Crippen molar-refractivity contribution < 1.29 is 14.3 Å². The van der Waals surface area contributed by atoms with Gasteiger partial charge in [0.15, 0.2) is 0 Å². The Bertz CT molecular complexity index is 747. The van der Waals surface area contributed by atoms with E-state index in [0.717, 1.165) is 4.90 Å². The largest absolute Gasteiger partial charge is 0.494 e. The number of amidine groups is 1. The number of primary amides is 1. The van der Waals surface area contributed by atoms with Gasteiger partial charge in [-0.1, -0.05) is 6.07 Å². The van der Waals surface area contributed by atoms with Crippen LogP contribution < -0.4 is 20.1 Å². The number of nitrogens with zero attached hydrogens (tertiary/aromatic N) is 2. The van der Waals surface area contributed by atoms with E-state index in [1.54, 1.807) is 25.1 Å². The average molecular weight is 328 g/mol. The topological polar surface area (TPSA) is 102 Å². The first-order valence-corrected chi connectivity index (χ1v) is 7.44. The molecular formula is C17H20N4O3. The van der Waals surface area contributed by atoms with Gasteiger partial charge in [0.2, 0.25) is 5.88 Å². The highest BCUT2D eigenvalue weighted by Gasteiger charge is 2.16. The Hall–Kier alpha value is -3.09. The number of urea groups is 1. The van der Waals surface area contributed by atoms with Gasteiger partial charge in [-0.25, -0.2) is 14.7 Å². The molecule has 0 atom stereocenters. The van der Waals surface area contributed by atoms with Gasteiger partial charge in [0.05, 0.1) is 18.5 Å². The molecule has 0 radical (unpaired) electrons. The van der Waals surface area contributed by atoms with Gasteiger partial charge in [0.25, 0.3) is 0 Å². The van der Waals surface area contributed by atoms with Crippen LogP contribution in [0, 0.1) is 12.3 Å². The molecule has 0 saturated heterocycles. The summed E-state index contributed by atoms with van der Waals surface area (Å²) in [6.45, 7) is 5.76. The molecule has 0 unspecified atom stereocenters. The predicted octanol–water partition coefficient (Wildman–Crippen LogP) is 3.46. The number of anilines is 1. The van der Waals surface area contributed by atoms with Crippen LogP contribution in [0.3, 0.4) is 0 Å². The van der Waals surface area contributed by atoms with Gasteiger partial charge in [-0.05, 0) is 39.0 Å². The van der Waals surface area contributed by atoms with Gasteiger partial charge in [0, 0.05) is 11.6 Å². The first-order chi connectivity index (χ1) is 11.4. The number of hydrogen-bond donors (Lipinski definition) is 2. The molecule has 24 heavy (non-hydrogen) atoms. The molecule has 2 amide bonds. The summed E-state index contributed by atoms with van der Waals surface area (Å²) < 4.78 is 11.2. The Kier molecular flexibility index (Phi) is 5.36. The number of nitrogens with two attached hydrogens (primary N) is 1. The normalized spacial score (nSPS) is 10.1. The SMILES string of the molecule is CCOc1cccc(Oc2ncc(N(C(C)=N)C(N)=O)cc2C)c1. The van der Waals surface area contributed by atoms with E-state index in [1.807, 2.05) is 19.1 Å². The zero-order chi connectivity index (χ0) is 17.7. The summed E-state index contributed by atoms with van der Waals surface area (Å²) >= 11 is 0. The Morgan fingerprint density at radius 3 is 2.62 bits per heavy atom. The summed E-state index contributed by atoms with van der Waals surface area (Å²) in [5.41, 5.74) is 6.43. The minimum atomic E-state index is -0.734. The Balaban J connectivity index is 2.25. The standard InChI is InChI=1S/C17H20N4O3/c1-4-23-14-6-5-7-15(9-14)24-16-11(2)8-13(10-20-16)21(12(3)18)17(19)22/h5-10,18H,4H2,1-3H3,(H2,19,22). The van der Waals surface area contributed by atoms with Gasteiger partial charge in [0.1, 0.15) is 17.3 Å². The monoisotopic (exact) mass is 328 g/mol. The zero-order valence-corrected chi connectivity index (χ0v) is 13.9. The summed E-state index contributed by atoms with van der Waals surface area (Å²) in [7, 11) is 0. The molecule has 1 aromatic carbocycles. The van der Waals surface area contributed by atoms with Crippen molar-refractivity contribution in [2.75, 3.05) is 11.5 Å². The highest BCUT2D eigenvalue weighted by molar-refractivity contribution is 6.13. The van der Waals surface area contributed by atoms with Crippen molar-refractivity contribution in [3.8, 4) is 17.4 Å². The maximum Gasteiger partial charge on any atom is 0.324 e. The Labute approximate surface area is 140 Å². The number of aryl methyl sites for hydroxylation is 1. The Morgan fingerprint density at radius 1 is 1.33 bits per heavy atom. The molecule has 0 aliphatic heterocycles. The lowest BCUT2D eigenvalue weighted by atomic mass is 10.2. The van der Waals surface area contributed by atoms with Crippen LogP contribution in [0.4, 0.5) is 10.5 Å². The average Bonchev–Trinajstić information content (AvgIpc) is 2.50. The first-order valence-electron chi connectivity index (χ1n) is 7.44. The maximum atomic E-state index is 11.5. The van der Waals surface area contributed by atoms with Crippen molar-refractivity contribution in [3.05, 3.63) is 42.1 Å². The molecule has 2 rings (SSSR count). The highest BCUT2D eigenvalue weighted by atomic mass is 16.5. The van der Waals surface area contributed by atoms with E-state index in [4.69, 9.17) is 20.6 Å². The number of benzene rings is 1. The van der Waals surface area contributed by atoms with E-state index in [-0.39, 0.29) is 5.84 Å². The van der Waals surface area contributed by atoms with E-state index in [1.165, 1.54) is 13.1 Å². The zero-order valence-electron chi connectivity index (χ0n) is 13.9. The number of nitrogens with one attached hydrogen (secondary N) is 1. The molecule has 0 fully saturated rings. The maximum absolute atomic E-state index is 11.5. The number of carbonyl (C=O) groups excluding carboxylic acids is 1. The molecule has 2 aromatic rings. The summed E-state index contributed by atoms with van der Waals surface area (Å²) in [4.78, 5) is 16.8. The van der Waals surface area contributed by atoms with Gasteiger partial charge in [-0.3, -0.25) is 5.41 Å². The number of amides is 2. The summed E-state index contributed by atoms with van der Waals surface area (Å²) in [6, 6.07) is 8.21. The van der Waals surface area contributed by atoms with Gasteiger partial charge in [-0.15, -0.1) is 0 Å². The molecule has 3 N–H and O–H groups in total. The van der Waals surface area contributed by atoms with Crippen LogP contribution in [0.5, 0.6) is 17.4 Å². The van der Waals surface area contributed by atoms with Crippen molar-refractivity contribution in [2.24, 2.45) is 5.73 Å². The molecule has 0 aliphatic carbocycles. The minimum Gasteiger partial charge on any atom is -0.494 e. The highest BCUT2D eigenvalue weighted by Crippen LogP contribution is 2.28. The molecule has 0 aliphatic rings. The lowest BCUT2D eigenvalue weighted by Crippen LogP contribution is -2.39. The number of ether oxygens (including phenoxy) is 2. The van der Waals surface area contributed by atoms with Crippen molar-refractivity contribution in [1.29, 1.82) is 5.41 Å². The van der Waals surface area contributed by atoms with E-state index < -0.39 is 6.03 Å². The number of hydrogen-bond acceptors (Lipinski definition) is 5. The van der Waals surface area contributed by atoms with Crippen molar-refractivity contribution >= 4 is 17.6 Å². The molecule has 1 heterocycles. The minimum absolute atomic E-state index is 0.0155.